The van der Waals surface area contributed by atoms with Gasteiger partial charge in [0.05, 0.1) is 8.22 Å². The van der Waals surface area contributed by atoms with Crippen molar-refractivity contribution in [3.63, 3.8) is 0 Å². The fraction of sp³-hybridized carbons (Fsp3) is 0. The molecule has 55 heavy (non-hydrogen) atoms. The Bertz CT molecular complexity index is 3300. The van der Waals surface area contributed by atoms with Crippen LogP contribution >= 0.6 is 0 Å². The van der Waals surface area contributed by atoms with E-state index in [4.69, 9.17) is 23.5 Å². The monoisotopic (exact) mass is 709 g/mol. The first-order valence-corrected chi connectivity index (χ1v) is 17.9. The van der Waals surface area contributed by atoms with Gasteiger partial charge in [-0.15, -0.1) is 0 Å². The first kappa shape index (κ1) is 26.4. The standard InChI is InChI=1S/C51H33N3O/c1-4-13-34(14-5-1)37-25-27-38(28-26-37)49-52-50(42-22-11-20-40(32-42)36-17-8-3-9-18-36)54-51(53-49)43-29-30-45-47(33-43)55-46-24-12-23-44(48(45)46)41-21-10-19-39(31-41)35-15-6-2-7-16-35/h1-33H/i12D,23D,24D,29D,30D,33D. The zero-order valence-electron chi connectivity index (χ0n) is 35.3. The molecule has 10 rings (SSSR count). The first-order valence-electron chi connectivity index (χ1n) is 20.9. The van der Waals surface area contributed by atoms with Crippen molar-refractivity contribution < 1.29 is 12.6 Å². The predicted octanol–water partition coefficient (Wildman–Crippen LogP) is 13.4. The van der Waals surface area contributed by atoms with Gasteiger partial charge < -0.3 is 4.42 Å². The van der Waals surface area contributed by atoms with Crippen molar-refractivity contribution in [3.05, 3.63) is 200 Å². The molecule has 0 atom stereocenters. The van der Waals surface area contributed by atoms with E-state index in [2.05, 4.69) is 0 Å². The van der Waals surface area contributed by atoms with E-state index < -0.39 is 0 Å². The van der Waals surface area contributed by atoms with Crippen LogP contribution in [0.1, 0.15) is 8.22 Å². The molecular weight excluding hydrogens is 671 g/mol. The number of hydrogen-bond donors (Lipinski definition) is 0. The summed E-state index contributed by atoms with van der Waals surface area (Å²) in [5.41, 5.74) is 7.96. The summed E-state index contributed by atoms with van der Waals surface area (Å²) in [4.78, 5) is 14.7. The lowest BCUT2D eigenvalue weighted by Gasteiger charge is -2.10. The molecule has 0 unspecified atom stereocenters. The SMILES string of the molecule is [2H]c1c([2H])c(-c2cccc(-c3ccccc3)c2)c2c(oc3c([2H])c(-c4nc(-c5ccc(-c6ccccc6)cc5)nc(-c5cccc(-c6ccccc6)c5)n4)c([2H])c([2H])c32)c1[2H]. The minimum absolute atomic E-state index is 0.00681. The molecule has 0 aliphatic carbocycles. The highest BCUT2D eigenvalue weighted by Gasteiger charge is 2.17. The maximum absolute atomic E-state index is 9.61. The van der Waals surface area contributed by atoms with E-state index in [-0.39, 0.29) is 75.1 Å². The lowest BCUT2D eigenvalue weighted by molar-refractivity contribution is 0.669. The minimum atomic E-state index is -0.348. The summed E-state index contributed by atoms with van der Waals surface area (Å²) in [6.07, 6.45) is 0. The van der Waals surface area contributed by atoms with Gasteiger partial charge in [-0.2, -0.15) is 0 Å². The average Bonchev–Trinajstić information content (AvgIpc) is 3.72. The second-order valence-electron chi connectivity index (χ2n) is 13.2. The molecule has 2 heterocycles. The fourth-order valence-corrected chi connectivity index (χ4v) is 6.92. The molecule has 10 aromatic rings. The van der Waals surface area contributed by atoms with Crippen LogP contribution in [0.25, 0.3) is 101 Å². The molecular formula is C51H33N3O. The molecule has 0 saturated carbocycles. The Morgan fingerprint density at radius 3 is 1.47 bits per heavy atom. The van der Waals surface area contributed by atoms with Crippen LogP contribution in [0.5, 0.6) is 0 Å². The topological polar surface area (TPSA) is 51.8 Å². The number of nitrogens with zero attached hydrogens (tertiary/aromatic N) is 3. The molecule has 8 aromatic carbocycles. The highest BCUT2D eigenvalue weighted by molar-refractivity contribution is 6.13. The normalized spacial score (nSPS) is 12.8. The van der Waals surface area contributed by atoms with Crippen molar-refractivity contribution in [2.75, 3.05) is 0 Å². The van der Waals surface area contributed by atoms with E-state index >= 15 is 0 Å². The third-order valence-corrected chi connectivity index (χ3v) is 9.67. The van der Waals surface area contributed by atoms with Crippen LogP contribution in [0.4, 0.5) is 0 Å². The minimum Gasteiger partial charge on any atom is -0.456 e. The van der Waals surface area contributed by atoms with Crippen LogP contribution < -0.4 is 0 Å². The molecule has 0 fully saturated rings. The quantitative estimate of drug-likeness (QED) is 0.165. The van der Waals surface area contributed by atoms with E-state index in [0.29, 0.717) is 28.3 Å². The number of fused-ring (bicyclic) bond motifs is 3. The van der Waals surface area contributed by atoms with E-state index in [9.17, 15) is 4.11 Å². The summed E-state index contributed by atoms with van der Waals surface area (Å²) in [7, 11) is 0. The molecule has 0 bridgehead atoms. The van der Waals surface area contributed by atoms with Crippen LogP contribution in [0.15, 0.2) is 204 Å². The second kappa shape index (κ2) is 13.8. The Labute approximate surface area is 327 Å². The van der Waals surface area contributed by atoms with Crippen molar-refractivity contribution in [1.29, 1.82) is 0 Å². The Morgan fingerprint density at radius 2 is 0.836 bits per heavy atom. The van der Waals surface area contributed by atoms with Crippen molar-refractivity contribution >= 4 is 21.9 Å². The fourth-order valence-electron chi connectivity index (χ4n) is 6.92. The molecule has 4 heteroatoms. The molecule has 2 aromatic heterocycles. The first-order chi connectivity index (χ1) is 29.7. The summed E-state index contributed by atoms with van der Waals surface area (Å²) in [5, 5.41) is 0.343. The molecule has 0 aliphatic heterocycles. The van der Waals surface area contributed by atoms with Crippen molar-refractivity contribution in [2.24, 2.45) is 0 Å². The number of benzene rings is 8. The summed E-state index contributed by atoms with van der Waals surface area (Å²) in [6, 6.07) is 51.2. The van der Waals surface area contributed by atoms with Gasteiger partial charge in [0.15, 0.2) is 17.5 Å². The summed E-state index contributed by atoms with van der Waals surface area (Å²) >= 11 is 0. The third kappa shape index (κ3) is 6.26. The maximum atomic E-state index is 9.61. The van der Waals surface area contributed by atoms with Crippen LogP contribution in [0.2, 0.25) is 0 Å². The molecule has 258 valence electrons. The Balaban J connectivity index is 1.19. The molecule has 0 N–H and O–H groups in total. The van der Waals surface area contributed by atoms with Gasteiger partial charge in [-0.3, -0.25) is 0 Å². The molecule has 0 saturated heterocycles. The second-order valence-corrected chi connectivity index (χ2v) is 13.2. The molecule has 0 radical (unpaired) electrons. The summed E-state index contributed by atoms with van der Waals surface area (Å²) in [5.74, 6) is 0.630. The van der Waals surface area contributed by atoms with Gasteiger partial charge in [0.2, 0.25) is 0 Å². The maximum Gasteiger partial charge on any atom is 0.164 e. The molecule has 0 spiro atoms. The van der Waals surface area contributed by atoms with Gasteiger partial charge in [0, 0.05) is 27.5 Å². The number of hydrogen-bond acceptors (Lipinski definition) is 4. The smallest absolute Gasteiger partial charge is 0.164 e. The molecule has 0 aliphatic rings. The van der Waals surface area contributed by atoms with E-state index in [0.717, 1.165) is 33.4 Å². The van der Waals surface area contributed by atoms with Crippen LogP contribution in [0.3, 0.4) is 0 Å². The third-order valence-electron chi connectivity index (χ3n) is 9.67. The van der Waals surface area contributed by atoms with E-state index in [1.54, 1.807) is 0 Å². The van der Waals surface area contributed by atoms with E-state index in [1.165, 1.54) is 0 Å². The van der Waals surface area contributed by atoms with E-state index in [1.807, 2.05) is 164 Å². The van der Waals surface area contributed by atoms with Gasteiger partial charge in [0.1, 0.15) is 11.2 Å². The average molecular weight is 710 g/mol. The Morgan fingerprint density at radius 1 is 0.364 bits per heavy atom. The number of furan rings is 1. The zero-order chi connectivity index (χ0) is 41.8. The Kier molecular flexibility index (Phi) is 6.63. The lowest BCUT2D eigenvalue weighted by atomic mass is 9.96. The lowest BCUT2D eigenvalue weighted by Crippen LogP contribution is -2.00. The van der Waals surface area contributed by atoms with Crippen molar-refractivity contribution in [2.45, 2.75) is 0 Å². The molecule has 4 nitrogen and oxygen atoms in total. The largest absolute Gasteiger partial charge is 0.456 e. The van der Waals surface area contributed by atoms with Gasteiger partial charge in [0.25, 0.3) is 0 Å². The predicted molar refractivity (Wildman–Crippen MR) is 225 cm³/mol. The zero-order valence-corrected chi connectivity index (χ0v) is 29.3. The van der Waals surface area contributed by atoms with Crippen molar-refractivity contribution in [1.82, 2.24) is 15.0 Å². The van der Waals surface area contributed by atoms with Crippen LogP contribution in [-0.2, 0) is 0 Å². The van der Waals surface area contributed by atoms with Gasteiger partial charge in [-0.1, -0.05) is 170 Å². The van der Waals surface area contributed by atoms with Crippen LogP contribution in [0, 0.1) is 0 Å². The van der Waals surface area contributed by atoms with Gasteiger partial charge in [-0.25, -0.2) is 15.0 Å². The van der Waals surface area contributed by atoms with Crippen LogP contribution in [-0.4, -0.2) is 15.0 Å². The van der Waals surface area contributed by atoms with Crippen molar-refractivity contribution in [3.8, 4) is 78.7 Å². The van der Waals surface area contributed by atoms with Gasteiger partial charge in [-0.05, 0) is 74.8 Å². The van der Waals surface area contributed by atoms with Gasteiger partial charge >= 0.3 is 0 Å². The Hall–Kier alpha value is -7.43. The summed E-state index contributed by atoms with van der Waals surface area (Å²) in [6.45, 7) is 0. The number of aromatic nitrogens is 3. The highest BCUT2D eigenvalue weighted by Crippen LogP contribution is 2.39. The highest BCUT2D eigenvalue weighted by atomic mass is 16.3. The number of rotatable bonds is 7. The summed E-state index contributed by atoms with van der Waals surface area (Å²) < 4.78 is 61.7. The molecule has 0 amide bonds.